The third-order valence-electron chi connectivity index (χ3n) is 6.40. The fourth-order valence-corrected chi connectivity index (χ4v) is 4.28. The minimum absolute atomic E-state index is 0.178. The fraction of sp³-hybridized carbons (Fsp3) is 0.571. The summed E-state index contributed by atoms with van der Waals surface area (Å²) in [6.45, 7) is 3.80. The van der Waals surface area contributed by atoms with Crippen LogP contribution in [0.15, 0.2) is 42.5 Å². The van der Waals surface area contributed by atoms with Crippen LogP contribution in [0, 0.1) is 6.92 Å². The van der Waals surface area contributed by atoms with Gasteiger partial charge in [-0.3, -0.25) is 4.98 Å². The van der Waals surface area contributed by atoms with Gasteiger partial charge in [-0.05, 0) is 57.6 Å². The van der Waals surface area contributed by atoms with Gasteiger partial charge in [0.2, 0.25) is 0 Å². The molecule has 8 heteroatoms. The lowest BCUT2D eigenvalue weighted by Crippen LogP contribution is -2.52. The third-order valence-corrected chi connectivity index (χ3v) is 6.40. The fourth-order valence-electron chi connectivity index (χ4n) is 4.28. The average molecular weight is 510 g/mol. The number of aromatic nitrogens is 1. The predicted molar refractivity (Wildman–Crippen MR) is 133 cm³/mol. The number of hydrogen-bond acceptors (Lipinski definition) is 5. The Hall–Kier alpha value is -2.61. The van der Waals surface area contributed by atoms with Crippen molar-refractivity contribution in [1.29, 1.82) is 0 Å². The standard InChI is InChI=1S/C28H38F3NO4/c1-4-5-9-17-24(18-13-7-6-12-16-23-19-20-25(33)21(2)32-23)36-26(34)27(35-3,28(29,30)31)22-14-10-8-11-15-22/h8,10-11,14-15,19-20,24,33H,4-7,9,12-13,16-18H2,1-3H3/t24-,27+/m0/s1. The average Bonchev–Trinajstić information content (AvgIpc) is 2.84. The van der Waals surface area contributed by atoms with Crippen LogP contribution in [0.2, 0.25) is 0 Å². The highest BCUT2D eigenvalue weighted by Gasteiger charge is 2.64. The highest BCUT2D eigenvalue weighted by molar-refractivity contribution is 5.82. The number of pyridine rings is 1. The Morgan fingerprint density at radius 3 is 2.19 bits per heavy atom. The van der Waals surface area contributed by atoms with Crippen molar-refractivity contribution in [2.24, 2.45) is 0 Å². The lowest BCUT2D eigenvalue weighted by molar-refractivity contribution is -0.278. The number of aromatic hydroxyl groups is 1. The van der Waals surface area contributed by atoms with Gasteiger partial charge in [-0.2, -0.15) is 13.2 Å². The first kappa shape index (κ1) is 29.6. The van der Waals surface area contributed by atoms with Crippen LogP contribution in [-0.4, -0.2) is 35.4 Å². The summed E-state index contributed by atoms with van der Waals surface area (Å²) >= 11 is 0. The quantitative estimate of drug-likeness (QED) is 0.203. The second kappa shape index (κ2) is 14.2. The summed E-state index contributed by atoms with van der Waals surface area (Å²) in [4.78, 5) is 17.4. The van der Waals surface area contributed by atoms with Gasteiger partial charge >= 0.3 is 12.1 Å². The van der Waals surface area contributed by atoms with E-state index in [2.05, 4.69) is 4.98 Å². The van der Waals surface area contributed by atoms with E-state index in [-0.39, 0.29) is 11.3 Å². The summed E-state index contributed by atoms with van der Waals surface area (Å²) in [6, 6.07) is 10.4. The first-order chi connectivity index (χ1) is 17.2. The van der Waals surface area contributed by atoms with E-state index in [1.165, 1.54) is 24.3 Å². The van der Waals surface area contributed by atoms with E-state index in [1.54, 1.807) is 25.1 Å². The number of carbonyl (C=O) groups excluding carboxylic acids is 1. The van der Waals surface area contributed by atoms with Gasteiger partial charge in [-0.25, -0.2) is 4.79 Å². The zero-order valence-electron chi connectivity index (χ0n) is 21.4. The van der Waals surface area contributed by atoms with Crippen LogP contribution in [0.3, 0.4) is 0 Å². The number of esters is 1. The van der Waals surface area contributed by atoms with E-state index < -0.39 is 23.9 Å². The number of aryl methyl sites for hydroxylation is 2. The Bertz CT molecular complexity index is 936. The third kappa shape index (κ3) is 7.95. The van der Waals surface area contributed by atoms with Gasteiger partial charge < -0.3 is 14.6 Å². The van der Waals surface area contributed by atoms with Crippen molar-refractivity contribution in [2.75, 3.05) is 7.11 Å². The molecule has 0 aliphatic rings. The van der Waals surface area contributed by atoms with Crippen molar-refractivity contribution in [1.82, 2.24) is 4.98 Å². The van der Waals surface area contributed by atoms with Crippen molar-refractivity contribution in [3.05, 3.63) is 59.4 Å². The van der Waals surface area contributed by atoms with E-state index in [4.69, 9.17) is 9.47 Å². The molecule has 0 spiro atoms. The van der Waals surface area contributed by atoms with Crippen molar-refractivity contribution in [3.63, 3.8) is 0 Å². The number of halogens is 3. The molecule has 2 aromatic rings. The number of rotatable bonds is 15. The molecule has 1 aromatic carbocycles. The number of unbranched alkanes of at least 4 members (excludes halogenated alkanes) is 5. The van der Waals surface area contributed by atoms with E-state index in [1.807, 2.05) is 6.92 Å². The molecule has 0 saturated carbocycles. The van der Waals surface area contributed by atoms with Gasteiger partial charge in [-0.15, -0.1) is 0 Å². The monoisotopic (exact) mass is 509 g/mol. The van der Waals surface area contributed by atoms with Crippen LogP contribution in [0.25, 0.3) is 0 Å². The molecule has 0 radical (unpaired) electrons. The maximum absolute atomic E-state index is 14.2. The minimum Gasteiger partial charge on any atom is -0.506 e. The molecule has 0 saturated heterocycles. The molecular weight excluding hydrogens is 471 g/mol. The molecule has 0 unspecified atom stereocenters. The van der Waals surface area contributed by atoms with Gasteiger partial charge in [0.1, 0.15) is 11.9 Å². The maximum Gasteiger partial charge on any atom is 0.432 e. The molecule has 5 nitrogen and oxygen atoms in total. The zero-order chi connectivity index (χ0) is 26.6. The molecule has 2 atom stereocenters. The minimum atomic E-state index is -4.98. The number of nitrogens with zero attached hydrogens (tertiary/aromatic N) is 1. The molecule has 1 aromatic heterocycles. The van der Waals surface area contributed by atoms with Gasteiger partial charge in [0.15, 0.2) is 0 Å². The molecule has 1 N–H and O–H groups in total. The summed E-state index contributed by atoms with van der Waals surface area (Å²) in [5, 5.41) is 9.58. The Balaban J connectivity index is 1.98. The molecule has 2 rings (SSSR count). The van der Waals surface area contributed by atoms with Crippen LogP contribution >= 0.6 is 0 Å². The van der Waals surface area contributed by atoms with Crippen molar-refractivity contribution < 1.29 is 32.5 Å². The predicted octanol–water partition coefficient (Wildman–Crippen LogP) is 7.18. The Kier molecular flexibility index (Phi) is 11.7. The molecule has 0 aliphatic carbocycles. The van der Waals surface area contributed by atoms with Crippen LogP contribution in [0.5, 0.6) is 5.75 Å². The van der Waals surface area contributed by atoms with Gasteiger partial charge in [0.05, 0.1) is 5.69 Å². The molecular formula is C28H38F3NO4. The number of ether oxygens (including phenoxy) is 2. The Labute approximate surface area is 212 Å². The first-order valence-electron chi connectivity index (χ1n) is 12.7. The van der Waals surface area contributed by atoms with Crippen molar-refractivity contribution >= 4 is 5.97 Å². The normalized spacial score (nSPS) is 14.3. The van der Waals surface area contributed by atoms with Gasteiger partial charge in [0.25, 0.3) is 5.60 Å². The molecule has 1 heterocycles. The number of methoxy groups -OCH3 is 1. The maximum atomic E-state index is 14.2. The largest absolute Gasteiger partial charge is 0.506 e. The van der Waals surface area contributed by atoms with E-state index in [9.17, 15) is 23.1 Å². The molecule has 0 fully saturated rings. The topological polar surface area (TPSA) is 68.7 Å². The first-order valence-corrected chi connectivity index (χ1v) is 12.7. The summed E-state index contributed by atoms with van der Waals surface area (Å²) < 4.78 is 53.0. The number of hydrogen-bond donors (Lipinski definition) is 1. The van der Waals surface area contributed by atoms with E-state index in [0.717, 1.165) is 64.2 Å². The van der Waals surface area contributed by atoms with E-state index >= 15 is 0 Å². The van der Waals surface area contributed by atoms with Crippen LogP contribution in [-0.2, 0) is 26.3 Å². The molecule has 200 valence electrons. The number of benzene rings is 1. The molecule has 0 amide bonds. The van der Waals surface area contributed by atoms with Crippen LogP contribution in [0.4, 0.5) is 13.2 Å². The second-order valence-corrected chi connectivity index (χ2v) is 9.13. The highest BCUT2D eigenvalue weighted by Crippen LogP contribution is 2.43. The summed E-state index contributed by atoms with van der Waals surface area (Å²) in [5.41, 5.74) is -1.94. The van der Waals surface area contributed by atoms with Crippen LogP contribution in [0.1, 0.15) is 81.7 Å². The van der Waals surface area contributed by atoms with Crippen molar-refractivity contribution in [2.45, 2.75) is 95.9 Å². The van der Waals surface area contributed by atoms with Gasteiger partial charge in [-0.1, -0.05) is 62.9 Å². The molecule has 0 bridgehead atoms. The smallest absolute Gasteiger partial charge is 0.432 e. The number of carbonyl (C=O) groups is 1. The molecule has 36 heavy (non-hydrogen) atoms. The summed E-state index contributed by atoms with van der Waals surface area (Å²) in [7, 11) is 0.887. The van der Waals surface area contributed by atoms with Gasteiger partial charge in [0, 0.05) is 18.4 Å². The molecule has 0 aliphatic heterocycles. The summed E-state index contributed by atoms with van der Waals surface area (Å²) in [5.74, 6) is -1.24. The lowest BCUT2D eigenvalue weighted by Gasteiger charge is -2.34. The summed E-state index contributed by atoms with van der Waals surface area (Å²) in [6.07, 6.45) is 2.31. The second-order valence-electron chi connectivity index (χ2n) is 9.13. The van der Waals surface area contributed by atoms with E-state index in [0.29, 0.717) is 18.5 Å². The van der Waals surface area contributed by atoms with Crippen LogP contribution < -0.4 is 0 Å². The lowest BCUT2D eigenvalue weighted by atomic mass is 9.92. The SMILES string of the molecule is CCCCC[C@@H](CCCCCCc1ccc(O)c(C)n1)OC(=O)[C@](OC)(c1ccccc1)C(F)(F)F. The van der Waals surface area contributed by atoms with Crippen molar-refractivity contribution in [3.8, 4) is 5.75 Å². The Morgan fingerprint density at radius 2 is 1.61 bits per heavy atom. The highest BCUT2D eigenvalue weighted by atomic mass is 19.4. The Morgan fingerprint density at radius 1 is 0.972 bits per heavy atom. The zero-order valence-corrected chi connectivity index (χ0v) is 21.4. The number of alkyl halides is 3.